The van der Waals surface area contributed by atoms with Crippen molar-refractivity contribution in [1.29, 1.82) is 0 Å². The van der Waals surface area contributed by atoms with Crippen LogP contribution >= 0.6 is 0 Å². The minimum atomic E-state index is -0.847. The van der Waals surface area contributed by atoms with Gasteiger partial charge in [-0.2, -0.15) is 4.98 Å². The van der Waals surface area contributed by atoms with Gasteiger partial charge in [0.2, 0.25) is 5.95 Å². The van der Waals surface area contributed by atoms with Crippen LogP contribution < -0.4 is 20.7 Å². The number of anilines is 3. The number of nitrogens with zero attached hydrogens (tertiary/aromatic N) is 3. The summed E-state index contributed by atoms with van der Waals surface area (Å²) in [6.07, 6.45) is 3.48. The largest absolute Gasteiger partial charge is 0.484 e. The summed E-state index contributed by atoms with van der Waals surface area (Å²) in [4.78, 5) is 10.2. The normalized spacial score (nSPS) is 20.5. The van der Waals surface area contributed by atoms with Crippen molar-refractivity contribution in [2.24, 2.45) is 0 Å². The number of β-amino-alcohol motifs (C(OH)–C–C–N with tert-alkyl or cyclic N) is 1. The van der Waals surface area contributed by atoms with Crippen molar-refractivity contribution in [3.63, 3.8) is 0 Å². The van der Waals surface area contributed by atoms with Crippen LogP contribution in [0.5, 0.6) is 5.75 Å². The molecule has 2 aliphatic heterocycles. The fraction of sp³-hybridized carbons (Fsp3) is 0.615. The number of piperidine rings is 2. The second kappa shape index (κ2) is 11.0. The first-order chi connectivity index (χ1) is 17.4. The minimum absolute atomic E-state index is 0.0140. The molecular weight excluding hydrogens is 485 g/mol. The van der Waals surface area contributed by atoms with Gasteiger partial charge in [-0.05, 0) is 53.4 Å². The number of nitrogens with one attached hydrogen (secondary N) is 3. The zero-order chi connectivity index (χ0) is 26.8. The van der Waals surface area contributed by atoms with Crippen LogP contribution in [0.15, 0.2) is 18.3 Å². The number of aliphatic hydroxyl groups excluding tert-OH is 1. The highest BCUT2D eigenvalue weighted by Gasteiger charge is 2.38. The van der Waals surface area contributed by atoms with E-state index in [1.165, 1.54) is 0 Å². The number of rotatable bonds is 8. The molecule has 4 rings (SSSR count). The molecule has 0 bridgehead atoms. The molecule has 8 nitrogen and oxygen atoms in total. The van der Waals surface area contributed by atoms with Gasteiger partial charge in [0.15, 0.2) is 29.0 Å². The Morgan fingerprint density at radius 1 is 1.05 bits per heavy atom. The van der Waals surface area contributed by atoms with Crippen molar-refractivity contribution in [2.75, 3.05) is 36.9 Å². The van der Waals surface area contributed by atoms with E-state index in [0.29, 0.717) is 32.5 Å². The summed E-state index contributed by atoms with van der Waals surface area (Å²) in [6.45, 7) is 10.4. The van der Waals surface area contributed by atoms with Crippen molar-refractivity contribution >= 4 is 17.5 Å². The lowest BCUT2D eigenvalue weighted by Crippen LogP contribution is -2.60. The molecule has 2 aliphatic rings. The molecule has 0 radical (unpaired) electrons. The van der Waals surface area contributed by atoms with Gasteiger partial charge >= 0.3 is 0 Å². The summed E-state index contributed by atoms with van der Waals surface area (Å²) in [5.74, 6) is -2.68. The minimum Gasteiger partial charge on any atom is -0.484 e. The number of hydrogen-bond acceptors (Lipinski definition) is 8. The van der Waals surface area contributed by atoms with Crippen molar-refractivity contribution in [2.45, 2.75) is 76.6 Å². The van der Waals surface area contributed by atoms with Gasteiger partial charge in [-0.3, -0.25) is 0 Å². The Hall–Kier alpha value is -2.63. The fourth-order valence-electron chi connectivity index (χ4n) is 5.58. The molecule has 0 saturated carbocycles. The summed E-state index contributed by atoms with van der Waals surface area (Å²) < 4.78 is 49.8. The summed E-state index contributed by atoms with van der Waals surface area (Å²) in [6, 6.07) is 2.19. The Morgan fingerprint density at radius 3 is 2.27 bits per heavy atom. The first-order valence-corrected chi connectivity index (χ1v) is 12.8. The summed E-state index contributed by atoms with van der Waals surface area (Å²) in [5, 5.41) is 18.6. The molecule has 2 saturated heterocycles. The molecule has 0 atom stereocenters. The van der Waals surface area contributed by atoms with Crippen LogP contribution in [0.1, 0.15) is 53.4 Å². The van der Waals surface area contributed by atoms with Crippen molar-refractivity contribution in [3.8, 4) is 5.75 Å². The van der Waals surface area contributed by atoms with Crippen molar-refractivity contribution in [3.05, 3.63) is 35.8 Å². The van der Waals surface area contributed by atoms with Gasteiger partial charge in [0, 0.05) is 54.6 Å². The van der Waals surface area contributed by atoms with Crippen LogP contribution in [0.3, 0.4) is 0 Å². The Labute approximate surface area is 216 Å². The van der Waals surface area contributed by atoms with E-state index in [-0.39, 0.29) is 47.3 Å². The van der Waals surface area contributed by atoms with Gasteiger partial charge in [-0.15, -0.1) is 0 Å². The number of aliphatic hydroxyl groups is 1. The van der Waals surface area contributed by atoms with E-state index in [9.17, 15) is 13.2 Å². The maximum atomic E-state index is 14.8. The monoisotopic (exact) mass is 522 g/mol. The number of aromatic nitrogens is 2. The van der Waals surface area contributed by atoms with Gasteiger partial charge < -0.3 is 30.7 Å². The van der Waals surface area contributed by atoms with Crippen LogP contribution in [-0.2, 0) is 0 Å². The highest BCUT2D eigenvalue weighted by atomic mass is 19.1. The van der Waals surface area contributed by atoms with Gasteiger partial charge in [-0.1, -0.05) is 0 Å². The Morgan fingerprint density at radius 2 is 1.68 bits per heavy atom. The maximum Gasteiger partial charge on any atom is 0.229 e. The van der Waals surface area contributed by atoms with Gasteiger partial charge in [0.05, 0.1) is 12.8 Å². The highest BCUT2D eigenvalue weighted by Crippen LogP contribution is 2.32. The van der Waals surface area contributed by atoms with Crippen LogP contribution in [0.25, 0.3) is 0 Å². The molecule has 204 valence electrons. The van der Waals surface area contributed by atoms with Crippen molar-refractivity contribution in [1.82, 2.24) is 20.2 Å². The molecular formula is C26H37F3N6O2. The quantitative estimate of drug-likeness (QED) is 0.410. The van der Waals surface area contributed by atoms with Gasteiger partial charge in [0.25, 0.3) is 0 Å². The van der Waals surface area contributed by atoms with E-state index in [4.69, 9.17) is 9.84 Å². The smallest absolute Gasteiger partial charge is 0.229 e. The molecule has 11 heteroatoms. The first-order valence-electron chi connectivity index (χ1n) is 12.8. The third kappa shape index (κ3) is 7.24. The molecule has 1 aromatic carbocycles. The summed E-state index contributed by atoms with van der Waals surface area (Å²) >= 11 is 0. The van der Waals surface area contributed by atoms with E-state index < -0.39 is 23.2 Å². The zero-order valence-corrected chi connectivity index (χ0v) is 21.9. The lowest BCUT2D eigenvalue weighted by molar-refractivity contribution is 0.0832. The Bertz CT molecular complexity index is 1050. The van der Waals surface area contributed by atoms with E-state index in [1.807, 2.05) is 0 Å². The molecule has 2 fully saturated rings. The average molecular weight is 523 g/mol. The van der Waals surface area contributed by atoms with E-state index >= 15 is 0 Å². The fourth-order valence-corrected chi connectivity index (χ4v) is 5.58. The molecule has 0 spiro atoms. The second-order valence-electron chi connectivity index (χ2n) is 11.3. The summed E-state index contributed by atoms with van der Waals surface area (Å²) in [5.41, 5.74) is -0.194. The van der Waals surface area contributed by atoms with E-state index in [2.05, 4.69) is 58.5 Å². The van der Waals surface area contributed by atoms with Gasteiger partial charge in [-0.25, -0.2) is 18.2 Å². The van der Waals surface area contributed by atoms with Crippen LogP contribution in [0, 0.1) is 17.5 Å². The van der Waals surface area contributed by atoms with Crippen LogP contribution in [0.4, 0.5) is 30.6 Å². The number of ether oxygens (including phenoxy) is 1. The third-order valence-corrected chi connectivity index (χ3v) is 6.76. The summed E-state index contributed by atoms with van der Waals surface area (Å²) in [7, 11) is 0. The van der Waals surface area contributed by atoms with Gasteiger partial charge in [0.1, 0.15) is 6.10 Å². The molecule has 0 aliphatic carbocycles. The average Bonchev–Trinajstić information content (AvgIpc) is 2.78. The molecule has 0 amide bonds. The number of benzene rings is 1. The number of halogens is 3. The second-order valence-corrected chi connectivity index (χ2v) is 11.3. The topological polar surface area (TPSA) is 94.6 Å². The van der Waals surface area contributed by atoms with Crippen LogP contribution in [0.2, 0.25) is 0 Å². The number of likely N-dealkylation sites (tertiary alicyclic amines) is 1. The Balaban J connectivity index is 1.43. The maximum absolute atomic E-state index is 14.8. The Kier molecular flexibility index (Phi) is 8.15. The first kappa shape index (κ1) is 27.4. The van der Waals surface area contributed by atoms with Crippen LogP contribution in [-0.4, -0.2) is 69.4 Å². The lowest BCUT2D eigenvalue weighted by Gasteiger charge is -2.46. The standard InChI is InChI=1S/C26H37F3N6O2/c1-25(2)13-17(14-26(3,4)34-25)31-23-21(29)15-30-24(33-23)32-16-11-19(27)22(20(28)12-16)37-18-5-7-35(8-6-18)9-10-36/h11-12,15,17-18,34,36H,5-10,13-14H2,1-4H3,(H2,30,31,32,33). The highest BCUT2D eigenvalue weighted by molar-refractivity contribution is 5.57. The SMILES string of the molecule is CC1(C)CC(Nc2nc(Nc3cc(F)c(OC4CCN(CCO)CC4)c(F)c3)ncc2F)CC(C)(C)N1. The van der Waals surface area contributed by atoms with Crippen molar-refractivity contribution < 1.29 is 23.0 Å². The zero-order valence-electron chi connectivity index (χ0n) is 21.9. The number of hydrogen-bond donors (Lipinski definition) is 4. The van der Waals surface area contributed by atoms with E-state index in [1.54, 1.807) is 0 Å². The predicted molar refractivity (Wildman–Crippen MR) is 137 cm³/mol. The third-order valence-electron chi connectivity index (χ3n) is 6.76. The molecule has 0 unspecified atom stereocenters. The van der Waals surface area contributed by atoms with E-state index in [0.717, 1.165) is 31.2 Å². The lowest BCUT2D eigenvalue weighted by atomic mass is 9.79. The molecule has 2 aromatic rings. The predicted octanol–water partition coefficient (Wildman–Crippen LogP) is 4.19. The molecule has 3 heterocycles. The molecule has 4 N–H and O–H groups in total. The molecule has 37 heavy (non-hydrogen) atoms. The molecule has 1 aromatic heterocycles.